The number of amides is 1. The van der Waals surface area contributed by atoms with Crippen LogP contribution in [0.4, 0.5) is 4.79 Å². The molecule has 0 aliphatic rings. The average Bonchev–Trinajstić information content (AvgIpc) is 2.85. The zero-order valence-electron chi connectivity index (χ0n) is 20.1. The molecule has 2 unspecified atom stereocenters. The van der Waals surface area contributed by atoms with Gasteiger partial charge in [0.1, 0.15) is 6.04 Å². The van der Waals surface area contributed by atoms with Crippen molar-refractivity contribution in [2.24, 2.45) is 5.92 Å². The van der Waals surface area contributed by atoms with Crippen molar-refractivity contribution in [1.29, 1.82) is 5.41 Å². The number of ether oxygens (including phenoxy) is 2. The minimum atomic E-state index is -1.12. The molecular formula is C26H33N3O6. The number of aliphatic carboxylic acids is 1. The molecule has 9 nitrogen and oxygen atoms in total. The maximum atomic E-state index is 12.1. The van der Waals surface area contributed by atoms with Crippen molar-refractivity contribution >= 4 is 24.0 Å². The van der Waals surface area contributed by atoms with E-state index in [1.165, 1.54) is 12.6 Å². The first kappa shape index (κ1) is 27.4. The summed E-state index contributed by atoms with van der Waals surface area (Å²) in [6.07, 6.45) is 1.07. The third kappa shape index (κ3) is 10.3. The van der Waals surface area contributed by atoms with Gasteiger partial charge in [-0.2, -0.15) is 0 Å². The van der Waals surface area contributed by atoms with E-state index in [-0.39, 0.29) is 31.5 Å². The van der Waals surface area contributed by atoms with Crippen LogP contribution in [0.15, 0.2) is 60.7 Å². The van der Waals surface area contributed by atoms with E-state index >= 15 is 0 Å². The minimum Gasteiger partial charge on any atom is -0.480 e. The largest absolute Gasteiger partial charge is 0.480 e. The van der Waals surface area contributed by atoms with Gasteiger partial charge in [0, 0.05) is 25.8 Å². The second-order valence-electron chi connectivity index (χ2n) is 8.35. The lowest BCUT2D eigenvalue weighted by molar-refractivity contribution is -0.145. The Hall–Kier alpha value is -3.88. The Labute approximate surface area is 205 Å². The molecule has 0 radical (unpaired) electrons. The van der Waals surface area contributed by atoms with Crippen molar-refractivity contribution < 1.29 is 29.0 Å². The van der Waals surface area contributed by atoms with Crippen molar-refractivity contribution in [1.82, 2.24) is 10.2 Å². The molecule has 0 bridgehead atoms. The summed E-state index contributed by atoms with van der Waals surface area (Å²) in [5, 5.41) is 19.8. The van der Waals surface area contributed by atoms with Crippen LogP contribution in [0.2, 0.25) is 0 Å². The molecule has 2 atom stereocenters. The Morgan fingerprint density at radius 1 is 0.971 bits per heavy atom. The monoisotopic (exact) mass is 483 g/mol. The van der Waals surface area contributed by atoms with Crippen molar-refractivity contribution in [3.8, 4) is 0 Å². The van der Waals surface area contributed by atoms with E-state index in [0.717, 1.165) is 16.9 Å². The van der Waals surface area contributed by atoms with Gasteiger partial charge < -0.3 is 19.5 Å². The van der Waals surface area contributed by atoms with Gasteiger partial charge in [-0.1, -0.05) is 67.6 Å². The summed E-state index contributed by atoms with van der Waals surface area (Å²) in [7, 11) is 1.42. The summed E-state index contributed by atoms with van der Waals surface area (Å²) in [5.41, 5.74) is 1.96. The van der Waals surface area contributed by atoms with E-state index in [9.17, 15) is 19.5 Å². The van der Waals surface area contributed by atoms with Gasteiger partial charge in [0.25, 0.3) is 0 Å². The number of carbonyl (C=O) groups excluding carboxylic acids is 2. The molecule has 0 spiro atoms. The Bertz CT molecular complexity index is 968. The smallest absolute Gasteiger partial charge is 0.413 e. The van der Waals surface area contributed by atoms with Gasteiger partial charge in [0.15, 0.2) is 0 Å². The molecule has 0 aromatic heterocycles. The number of esters is 1. The summed E-state index contributed by atoms with van der Waals surface area (Å²) in [5.74, 6) is -2.05. The highest BCUT2D eigenvalue weighted by molar-refractivity contribution is 5.94. The fraction of sp³-hybridized carbons (Fsp3) is 0.385. The predicted molar refractivity (Wildman–Crippen MR) is 131 cm³/mol. The number of alkyl carbamates (subject to hydrolysis) is 1. The molecule has 0 fully saturated rings. The Kier molecular flexibility index (Phi) is 11.3. The number of nitrogens with one attached hydrogen (secondary N) is 2. The number of carboxylic acids is 1. The maximum Gasteiger partial charge on any atom is 0.413 e. The molecule has 0 saturated heterocycles. The zero-order chi connectivity index (χ0) is 25.6. The topological polar surface area (TPSA) is 129 Å². The Morgan fingerprint density at radius 3 is 2.14 bits per heavy atom. The number of hydrogen-bond donors (Lipinski definition) is 3. The van der Waals surface area contributed by atoms with Gasteiger partial charge in [-0.3, -0.25) is 15.5 Å². The second-order valence-corrected chi connectivity index (χ2v) is 8.35. The summed E-state index contributed by atoms with van der Waals surface area (Å²) >= 11 is 0. The van der Waals surface area contributed by atoms with Crippen LogP contribution in [0.25, 0.3) is 0 Å². The van der Waals surface area contributed by atoms with Crippen LogP contribution in [0, 0.1) is 11.3 Å². The summed E-state index contributed by atoms with van der Waals surface area (Å²) < 4.78 is 10.3. The molecule has 2 rings (SSSR count). The number of benzene rings is 2. The van der Waals surface area contributed by atoms with Crippen molar-refractivity contribution in [3.63, 3.8) is 0 Å². The van der Waals surface area contributed by atoms with Gasteiger partial charge >= 0.3 is 18.0 Å². The van der Waals surface area contributed by atoms with Crippen molar-refractivity contribution in [2.45, 2.75) is 38.6 Å². The van der Waals surface area contributed by atoms with E-state index in [0.29, 0.717) is 12.8 Å². The summed E-state index contributed by atoms with van der Waals surface area (Å²) in [6.45, 7) is 1.85. The highest BCUT2D eigenvalue weighted by atomic mass is 16.6. The molecule has 1 amide bonds. The van der Waals surface area contributed by atoms with Gasteiger partial charge in [0.2, 0.25) is 5.96 Å². The highest BCUT2D eigenvalue weighted by Gasteiger charge is 2.26. The summed E-state index contributed by atoms with van der Waals surface area (Å²) in [6, 6.07) is 17.9. The molecular weight excluding hydrogens is 450 g/mol. The molecule has 0 aliphatic heterocycles. The van der Waals surface area contributed by atoms with E-state index in [2.05, 4.69) is 5.32 Å². The molecule has 0 aliphatic carbocycles. The average molecular weight is 484 g/mol. The number of aryl methyl sites for hydroxylation is 1. The van der Waals surface area contributed by atoms with Crippen LogP contribution in [0.1, 0.15) is 30.9 Å². The van der Waals surface area contributed by atoms with Gasteiger partial charge in [-0.05, 0) is 24.0 Å². The fourth-order valence-corrected chi connectivity index (χ4v) is 3.26. The maximum absolute atomic E-state index is 12.1. The van der Waals surface area contributed by atoms with E-state index in [1.54, 1.807) is 31.2 Å². The number of rotatable bonds is 12. The molecule has 2 aromatic carbocycles. The van der Waals surface area contributed by atoms with Crippen LogP contribution >= 0.6 is 0 Å². The standard InChI is InChI=1S/C26H33N3O6/c1-19(17-34-23(30)15-9-14-20-10-5-3-6-11-20)18-35-26(33)28-25(27)29(2)22(24(31)32)16-21-12-7-4-8-13-21/h3-8,10-13,19,22H,9,14-18H2,1-2H3,(H,31,32)(H2,27,28,33). The molecule has 188 valence electrons. The highest BCUT2D eigenvalue weighted by Crippen LogP contribution is 2.09. The SMILES string of the molecule is CC(COC(=O)CCCc1ccccc1)COC(=O)NC(=N)N(C)C(Cc1ccccc1)C(=O)O. The third-order valence-corrected chi connectivity index (χ3v) is 5.31. The van der Waals surface area contributed by atoms with Gasteiger partial charge in [-0.25, -0.2) is 9.59 Å². The lowest BCUT2D eigenvalue weighted by Crippen LogP contribution is -2.50. The number of likely N-dealkylation sites (N-methyl/N-ethyl adjacent to an activating group) is 1. The van der Waals surface area contributed by atoms with E-state index < -0.39 is 24.1 Å². The van der Waals surface area contributed by atoms with Crippen LogP contribution in [0.3, 0.4) is 0 Å². The number of carbonyl (C=O) groups is 3. The zero-order valence-corrected chi connectivity index (χ0v) is 20.1. The first-order chi connectivity index (χ1) is 16.8. The number of carboxylic acid groups (broad SMARTS) is 1. The first-order valence-corrected chi connectivity index (χ1v) is 11.5. The minimum absolute atomic E-state index is 0.0213. The lowest BCUT2D eigenvalue weighted by Gasteiger charge is -2.27. The number of hydrogen-bond acceptors (Lipinski definition) is 6. The summed E-state index contributed by atoms with van der Waals surface area (Å²) in [4.78, 5) is 36.8. The molecule has 2 aromatic rings. The lowest BCUT2D eigenvalue weighted by atomic mass is 10.1. The fourth-order valence-electron chi connectivity index (χ4n) is 3.26. The molecule has 9 heteroatoms. The molecule has 3 N–H and O–H groups in total. The van der Waals surface area contributed by atoms with Crippen molar-refractivity contribution in [3.05, 3.63) is 71.8 Å². The van der Waals surface area contributed by atoms with E-state index in [1.807, 2.05) is 36.4 Å². The van der Waals surface area contributed by atoms with E-state index in [4.69, 9.17) is 14.9 Å². The Morgan fingerprint density at radius 2 is 1.54 bits per heavy atom. The quantitative estimate of drug-likeness (QED) is 0.239. The van der Waals surface area contributed by atoms with Crippen LogP contribution in [-0.4, -0.2) is 60.3 Å². The molecule has 0 heterocycles. The molecule has 35 heavy (non-hydrogen) atoms. The predicted octanol–water partition coefficient (Wildman–Crippen LogP) is 3.48. The van der Waals surface area contributed by atoms with Gasteiger partial charge in [-0.15, -0.1) is 0 Å². The number of nitrogens with zero attached hydrogens (tertiary/aromatic N) is 1. The Balaban J connectivity index is 1.67. The van der Waals surface area contributed by atoms with Gasteiger partial charge in [0.05, 0.1) is 13.2 Å². The molecule has 0 saturated carbocycles. The van der Waals surface area contributed by atoms with Crippen molar-refractivity contribution in [2.75, 3.05) is 20.3 Å². The van der Waals surface area contributed by atoms with Crippen LogP contribution in [-0.2, 0) is 31.9 Å². The van der Waals surface area contributed by atoms with Crippen LogP contribution in [0.5, 0.6) is 0 Å². The number of guanidine groups is 1. The second kappa shape index (κ2) is 14.4. The normalized spacial score (nSPS) is 12.2. The third-order valence-electron chi connectivity index (χ3n) is 5.31. The van der Waals surface area contributed by atoms with Crippen LogP contribution < -0.4 is 5.32 Å². The first-order valence-electron chi connectivity index (χ1n) is 11.5.